The van der Waals surface area contributed by atoms with Crippen molar-refractivity contribution < 1.29 is 0 Å². The highest BCUT2D eigenvalue weighted by Gasteiger charge is 2.12. The maximum absolute atomic E-state index is 5.95. The topological polar surface area (TPSA) is 43.8 Å². The summed E-state index contributed by atoms with van der Waals surface area (Å²) in [5, 5.41) is 4.16. The Morgan fingerprint density at radius 2 is 2.53 bits per heavy atom. The van der Waals surface area contributed by atoms with E-state index in [-0.39, 0.29) is 0 Å². The average Bonchev–Trinajstić information content (AvgIpc) is 2.61. The molecule has 1 saturated carbocycles. The van der Waals surface area contributed by atoms with Crippen LogP contribution in [0.2, 0.25) is 0 Å². The zero-order chi connectivity index (χ0) is 10.7. The molecule has 1 aliphatic carbocycles. The summed E-state index contributed by atoms with van der Waals surface area (Å²) in [5.74, 6) is 0. The van der Waals surface area contributed by atoms with Gasteiger partial charge >= 0.3 is 0 Å². The first kappa shape index (κ1) is 10.4. The molecule has 0 saturated heterocycles. The van der Waals surface area contributed by atoms with Gasteiger partial charge < -0.3 is 5.73 Å². The van der Waals surface area contributed by atoms with Crippen LogP contribution in [-0.4, -0.2) is 15.8 Å². The summed E-state index contributed by atoms with van der Waals surface area (Å²) in [5.41, 5.74) is 8.73. The normalized spacial score (nSPS) is 24.7. The van der Waals surface area contributed by atoms with Crippen LogP contribution in [0.15, 0.2) is 23.9 Å². The lowest BCUT2D eigenvalue weighted by Crippen LogP contribution is -2.23. The van der Waals surface area contributed by atoms with Crippen molar-refractivity contribution in [3.8, 4) is 0 Å². The maximum Gasteiger partial charge on any atom is 0.0492 e. The third-order valence-electron chi connectivity index (χ3n) is 3.12. The lowest BCUT2D eigenvalue weighted by Gasteiger charge is -2.20. The fourth-order valence-electron chi connectivity index (χ4n) is 2.17. The van der Waals surface area contributed by atoms with E-state index in [9.17, 15) is 0 Å². The zero-order valence-corrected chi connectivity index (χ0v) is 9.32. The molecule has 0 radical (unpaired) electrons. The lowest BCUT2D eigenvalue weighted by atomic mass is 9.90. The highest BCUT2D eigenvalue weighted by molar-refractivity contribution is 5.13. The molecule has 1 aromatic heterocycles. The van der Waals surface area contributed by atoms with E-state index >= 15 is 0 Å². The second-order valence-electron chi connectivity index (χ2n) is 4.37. The van der Waals surface area contributed by atoms with Crippen molar-refractivity contribution in [2.75, 3.05) is 0 Å². The van der Waals surface area contributed by atoms with E-state index in [4.69, 9.17) is 5.73 Å². The van der Waals surface area contributed by atoms with Crippen LogP contribution in [0.3, 0.4) is 0 Å². The van der Waals surface area contributed by atoms with Gasteiger partial charge in [-0.25, -0.2) is 0 Å². The van der Waals surface area contributed by atoms with Gasteiger partial charge in [0, 0.05) is 31.4 Å². The third kappa shape index (κ3) is 2.69. The standard InChI is InChI=1S/C12H19N3/c1-15-12(7-8-14-15)6-5-10-3-2-4-11(13)9-10/h5,7-8,11H,2-4,6,9,13H2,1H3/b10-5-. The fraction of sp³-hybridized carbons (Fsp3) is 0.583. The van der Waals surface area contributed by atoms with Crippen LogP contribution in [0.1, 0.15) is 31.4 Å². The molecule has 2 N–H and O–H groups in total. The first-order valence-corrected chi connectivity index (χ1v) is 5.66. The Kier molecular flexibility index (Phi) is 3.21. The summed E-state index contributed by atoms with van der Waals surface area (Å²) in [4.78, 5) is 0. The van der Waals surface area contributed by atoms with Crippen LogP contribution < -0.4 is 5.73 Å². The largest absolute Gasteiger partial charge is 0.327 e. The molecular formula is C12H19N3. The summed E-state index contributed by atoms with van der Waals surface area (Å²) >= 11 is 0. The molecule has 1 fully saturated rings. The monoisotopic (exact) mass is 205 g/mol. The molecule has 0 aromatic carbocycles. The molecule has 1 unspecified atom stereocenters. The molecule has 3 heteroatoms. The van der Waals surface area contributed by atoms with Crippen LogP contribution in [0.4, 0.5) is 0 Å². The number of rotatable bonds is 2. The SMILES string of the molecule is Cn1nccc1C/C=C1/CCCC(N)C1. The molecule has 82 valence electrons. The molecular weight excluding hydrogens is 186 g/mol. The van der Waals surface area contributed by atoms with Crippen LogP contribution in [0, 0.1) is 0 Å². The number of aromatic nitrogens is 2. The second-order valence-corrected chi connectivity index (χ2v) is 4.37. The summed E-state index contributed by atoms with van der Waals surface area (Å²) < 4.78 is 1.93. The van der Waals surface area contributed by atoms with Gasteiger partial charge in [-0.05, 0) is 31.7 Å². The van der Waals surface area contributed by atoms with E-state index in [2.05, 4.69) is 17.2 Å². The molecule has 1 aliphatic rings. The molecule has 1 atom stereocenters. The van der Waals surface area contributed by atoms with Crippen molar-refractivity contribution in [3.63, 3.8) is 0 Å². The number of allylic oxidation sites excluding steroid dienone is 1. The summed E-state index contributed by atoms with van der Waals surface area (Å²) in [6.45, 7) is 0. The Morgan fingerprint density at radius 1 is 1.67 bits per heavy atom. The first-order chi connectivity index (χ1) is 7.25. The van der Waals surface area contributed by atoms with E-state index in [0.717, 1.165) is 12.8 Å². The molecule has 1 aromatic rings. The molecule has 0 amide bonds. The second kappa shape index (κ2) is 4.62. The van der Waals surface area contributed by atoms with Crippen LogP contribution in [0.5, 0.6) is 0 Å². The predicted octanol–water partition coefficient (Wildman–Crippen LogP) is 1.79. The Morgan fingerprint density at radius 3 is 3.20 bits per heavy atom. The zero-order valence-electron chi connectivity index (χ0n) is 9.32. The van der Waals surface area contributed by atoms with Crippen molar-refractivity contribution in [2.24, 2.45) is 12.8 Å². The van der Waals surface area contributed by atoms with Crippen LogP contribution in [0.25, 0.3) is 0 Å². The minimum absolute atomic E-state index is 0.386. The summed E-state index contributed by atoms with van der Waals surface area (Å²) in [6, 6.07) is 2.45. The number of hydrogen-bond acceptors (Lipinski definition) is 2. The molecule has 0 aliphatic heterocycles. The summed E-state index contributed by atoms with van der Waals surface area (Å²) in [6.07, 6.45) is 9.90. The van der Waals surface area contributed by atoms with Gasteiger partial charge in [0.2, 0.25) is 0 Å². The Balaban J connectivity index is 1.96. The lowest BCUT2D eigenvalue weighted by molar-refractivity contribution is 0.516. The van der Waals surface area contributed by atoms with Gasteiger partial charge in [-0.1, -0.05) is 11.6 Å². The average molecular weight is 205 g/mol. The molecule has 15 heavy (non-hydrogen) atoms. The van der Waals surface area contributed by atoms with Crippen molar-refractivity contribution in [1.29, 1.82) is 0 Å². The highest BCUT2D eigenvalue weighted by atomic mass is 15.2. The highest BCUT2D eigenvalue weighted by Crippen LogP contribution is 2.22. The van der Waals surface area contributed by atoms with Gasteiger partial charge in [0.05, 0.1) is 0 Å². The molecule has 0 spiro atoms. The fourth-order valence-corrected chi connectivity index (χ4v) is 2.17. The smallest absolute Gasteiger partial charge is 0.0492 e. The number of aryl methyl sites for hydroxylation is 1. The van der Waals surface area contributed by atoms with Gasteiger partial charge in [0.25, 0.3) is 0 Å². The van der Waals surface area contributed by atoms with E-state index in [1.165, 1.54) is 30.5 Å². The van der Waals surface area contributed by atoms with E-state index in [1.54, 1.807) is 0 Å². The quantitative estimate of drug-likeness (QED) is 0.748. The molecule has 0 bridgehead atoms. The van der Waals surface area contributed by atoms with Crippen molar-refractivity contribution in [1.82, 2.24) is 9.78 Å². The van der Waals surface area contributed by atoms with Gasteiger partial charge in [0.15, 0.2) is 0 Å². The molecule has 1 heterocycles. The minimum Gasteiger partial charge on any atom is -0.327 e. The van der Waals surface area contributed by atoms with Gasteiger partial charge in [-0.2, -0.15) is 5.10 Å². The molecule has 3 nitrogen and oxygen atoms in total. The first-order valence-electron chi connectivity index (χ1n) is 5.66. The van der Waals surface area contributed by atoms with Crippen LogP contribution in [-0.2, 0) is 13.5 Å². The molecule has 2 rings (SSSR count). The third-order valence-corrected chi connectivity index (χ3v) is 3.12. The maximum atomic E-state index is 5.95. The van der Waals surface area contributed by atoms with Gasteiger partial charge in [-0.15, -0.1) is 0 Å². The van der Waals surface area contributed by atoms with E-state index in [0.29, 0.717) is 6.04 Å². The Labute approximate surface area is 91.0 Å². The minimum atomic E-state index is 0.386. The summed E-state index contributed by atoms with van der Waals surface area (Å²) in [7, 11) is 1.99. The van der Waals surface area contributed by atoms with E-state index < -0.39 is 0 Å². The van der Waals surface area contributed by atoms with Crippen molar-refractivity contribution >= 4 is 0 Å². The predicted molar refractivity (Wildman–Crippen MR) is 61.4 cm³/mol. The van der Waals surface area contributed by atoms with Crippen LogP contribution >= 0.6 is 0 Å². The number of nitrogens with zero attached hydrogens (tertiary/aromatic N) is 2. The van der Waals surface area contributed by atoms with Crippen molar-refractivity contribution in [3.05, 3.63) is 29.6 Å². The Hall–Kier alpha value is -1.09. The Bertz CT molecular complexity index is 352. The van der Waals surface area contributed by atoms with Gasteiger partial charge in [0.1, 0.15) is 0 Å². The number of hydrogen-bond donors (Lipinski definition) is 1. The van der Waals surface area contributed by atoms with Gasteiger partial charge in [-0.3, -0.25) is 4.68 Å². The van der Waals surface area contributed by atoms with Crippen molar-refractivity contribution in [2.45, 2.75) is 38.1 Å². The van der Waals surface area contributed by atoms with E-state index in [1.807, 2.05) is 17.9 Å². The number of nitrogens with two attached hydrogens (primary N) is 1.